The third-order valence-electron chi connectivity index (χ3n) is 2.81. The van der Waals surface area contributed by atoms with Crippen LogP contribution in [-0.4, -0.2) is 11.8 Å². The van der Waals surface area contributed by atoms with Gasteiger partial charge in [-0.05, 0) is 29.3 Å². The van der Waals surface area contributed by atoms with Crippen LogP contribution in [0.5, 0.6) is 0 Å². The smallest absolute Gasteiger partial charge is 0.262 e. The SMILES string of the molecule is O=C(/C=C/c1cccc(Cl)c1)NNC(=O)Cc1ccccc1. The van der Waals surface area contributed by atoms with Gasteiger partial charge >= 0.3 is 0 Å². The van der Waals surface area contributed by atoms with E-state index in [0.717, 1.165) is 11.1 Å². The summed E-state index contributed by atoms with van der Waals surface area (Å²) in [4.78, 5) is 23.3. The molecule has 0 heterocycles. The highest BCUT2D eigenvalue weighted by molar-refractivity contribution is 6.30. The van der Waals surface area contributed by atoms with Crippen LogP contribution < -0.4 is 10.9 Å². The quantitative estimate of drug-likeness (QED) is 0.673. The van der Waals surface area contributed by atoms with Crippen LogP contribution >= 0.6 is 11.6 Å². The van der Waals surface area contributed by atoms with Crippen LogP contribution in [0.15, 0.2) is 60.7 Å². The molecule has 2 N–H and O–H groups in total. The third-order valence-corrected chi connectivity index (χ3v) is 3.04. The fraction of sp³-hybridized carbons (Fsp3) is 0.0588. The summed E-state index contributed by atoms with van der Waals surface area (Å²) >= 11 is 5.85. The number of hydrazine groups is 1. The number of carbonyl (C=O) groups excluding carboxylic acids is 2. The van der Waals surface area contributed by atoms with Crippen molar-refractivity contribution in [3.8, 4) is 0 Å². The molecule has 0 bridgehead atoms. The summed E-state index contributed by atoms with van der Waals surface area (Å²) in [5, 5.41) is 0.596. The van der Waals surface area contributed by atoms with Crippen LogP contribution in [0.1, 0.15) is 11.1 Å². The van der Waals surface area contributed by atoms with Gasteiger partial charge in [0.1, 0.15) is 0 Å². The predicted octanol–water partition coefficient (Wildman–Crippen LogP) is 2.74. The first-order valence-corrected chi connectivity index (χ1v) is 7.08. The molecule has 0 aromatic heterocycles. The van der Waals surface area contributed by atoms with Gasteiger partial charge in [0.2, 0.25) is 5.91 Å². The minimum absolute atomic E-state index is 0.207. The van der Waals surface area contributed by atoms with E-state index in [1.54, 1.807) is 24.3 Å². The van der Waals surface area contributed by atoms with Gasteiger partial charge in [0.15, 0.2) is 0 Å². The fourth-order valence-corrected chi connectivity index (χ4v) is 1.98. The van der Waals surface area contributed by atoms with Crippen LogP contribution in [0.2, 0.25) is 5.02 Å². The van der Waals surface area contributed by atoms with E-state index < -0.39 is 5.91 Å². The van der Waals surface area contributed by atoms with Crippen LogP contribution in [0, 0.1) is 0 Å². The molecule has 0 aliphatic heterocycles. The molecular weight excluding hydrogens is 300 g/mol. The van der Waals surface area contributed by atoms with E-state index in [0.29, 0.717) is 5.02 Å². The number of halogens is 1. The molecule has 2 aromatic rings. The van der Waals surface area contributed by atoms with E-state index in [4.69, 9.17) is 11.6 Å². The van der Waals surface area contributed by atoms with E-state index in [2.05, 4.69) is 10.9 Å². The van der Waals surface area contributed by atoms with Gasteiger partial charge < -0.3 is 0 Å². The Morgan fingerprint density at radius 1 is 1.00 bits per heavy atom. The van der Waals surface area contributed by atoms with E-state index >= 15 is 0 Å². The van der Waals surface area contributed by atoms with Gasteiger partial charge in [-0.25, -0.2) is 0 Å². The molecule has 4 nitrogen and oxygen atoms in total. The highest BCUT2D eigenvalue weighted by Crippen LogP contribution is 2.11. The predicted molar refractivity (Wildman–Crippen MR) is 86.9 cm³/mol. The van der Waals surface area contributed by atoms with Crippen molar-refractivity contribution in [1.82, 2.24) is 10.9 Å². The second kappa shape index (κ2) is 8.00. The standard InChI is InChI=1S/C17H15ClN2O2/c18-15-8-4-7-14(11-15)9-10-16(21)19-20-17(22)12-13-5-2-1-3-6-13/h1-11H,12H2,(H,19,21)(H,20,22)/b10-9+. The number of benzene rings is 2. The highest BCUT2D eigenvalue weighted by Gasteiger charge is 2.03. The van der Waals surface area contributed by atoms with Gasteiger partial charge in [-0.1, -0.05) is 54.1 Å². The molecule has 5 heteroatoms. The Labute approximate surface area is 133 Å². The molecular formula is C17H15ClN2O2. The van der Waals surface area contributed by atoms with Gasteiger partial charge in [0, 0.05) is 11.1 Å². The average Bonchev–Trinajstić information content (AvgIpc) is 2.52. The molecule has 0 atom stereocenters. The van der Waals surface area contributed by atoms with Crippen molar-refractivity contribution >= 4 is 29.5 Å². The molecule has 2 aromatic carbocycles. The van der Waals surface area contributed by atoms with E-state index in [1.165, 1.54) is 6.08 Å². The average molecular weight is 315 g/mol. The maximum absolute atomic E-state index is 11.7. The Hall–Kier alpha value is -2.59. The number of hydrogen-bond acceptors (Lipinski definition) is 2. The summed E-state index contributed by atoms with van der Waals surface area (Å²) in [6.45, 7) is 0. The number of carbonyl (C=O) groups is 2. The topological polar surface area (TPSA) is 58.2 Å². The maximum Gasteiger partial charge on any atom is 0.262 e. The van der Waals surface area contributed by atoms with Crippen molar-refractivity contribution in [2.24, 2.45) is 0 Å². The Morgan fingerprint density at radius 2 is 1.77 bits per heavy atom. The summed E-state index contributed by atoms with van der Waals surface area (Å²) in [5.41, 5.74) is 6.37. The fourth-order valence-electron chi connectivity index (χ4n) is 1.78. The second-order valence-electron chi connectivity index (χ2n) is 4.59. The first-order valence-electron chi connectivity index (χ1n) is 6.70. The van der Waals surface area contributed by atoms with Gasteiger partial charge in [-0.15, -0.1) is 0 Å². The Morgan fingerprint density at radius 3 is 2.50 bits per heavy atom. The lowest BCUT2D eigenvalue weighted by Gasteiger charge is -2.05. The largest absolute Gasteiger partial charge is 0.273 e. The molecule has 0 spiro atoms. The number of hydrogen-bond donors (Lipinski definition) is 2. The molecule has 0 aliphatic carbocycles. The Bertz CT molecular complexity index is 684. The van der Waals surface area contributed by atoms with Crippen molar-refractivity contribution in [1.29, 1.82) is 0 Å². The van der Waals surface area contributed by atoms with Crippen molar-refractivity contribution in [2.45, 2.75) is 6.42 Å². The summed E-state index contributed by atoms with van der Waals surface area (Å²) in [5.74, 6) is -0.697. The molecule has 0 radical (unpaired) electrons. The molecule has 0 saturated heterocycles. The molecule has 2 rings (SSSR count). The van der Waals surface area contributed by atoms with Crippen molar-refractivity contribution < 1.29 is 9.59 Å². The number of amides is 2. The van der Waals surface area contributed by atoms with Crippen LogP contribution in [-0.2, 0) is 16.0 Å². The van der Waals surface area contributed by atoms with Crippen LogP contribution in [0.3, 0.4) is 0 Å². The maximum atomic E-state index is 11.7. The number of rotatable bonds is 4. The molecule has 112 valence electrons. The van der Waals surface area contributed by atoms with Gasteiger partial charge in [-0.2, -0.15) is 0 Å². The molecule has 0 fully saturated rings. The highest BCUT2D eigenvalue weighted by atomic mass is 35.5. The molecule has 0 unspecified atom stereocenters. The van der Waals surface area contributed by atoms with E-state index in [9.17, 15) is 9.59 Å². The first kappa shape index (κ1) is 15.8. The van der Waals surface area contributed by atoms with Crippen molar-refractivity contribution in [2.75, 3.05) is 0 Å². The first-order chi connectivity index (χ1) is 10.6. The van der Waals surface area contributed by atoms with E-state index in [-0.39, 0.29) is 12.3 Å². The lowest BCUT2D eigenvalue weighted by Crippen LogP contribution is -2.41. The van der Waals surface area contributed by atoms with E-state index in [1.807, 2.05) is 36.4 Å². The summed E-state index contributed by atoms with van der Waals surface area (Å²) in [6, 6.07) is 16.4. The van der Waals surface area contributed by atoms with Gasteiger partial charge in [0.05, 0.1) is 6.42 Å². The lowest BCUT2D eigenvalue weighted by atomic mass is 10.1. The Balaban J connectivity index is 1.79. The minimum Gasteiger partial charge on any atom is -0.273 e. The molecule has 0 aliphatic rings. The van der Waals surface area contributed by atoms with Gasteiger partial charge in [0.25, 0.3) is 5.91 Å². The van der Waals surface area contributed by atoms with Crippen molar-refractivity contribution in [3.63, 3.8) is 0 Å². The zero-order valence-corrected chi connectivity index (χ0v) is 12.5. The summed E-state index contributed by atoms with van der Waals surface area (Å²) in [7, 11) is 0. The molecule has 0 saturated carbocycles. The van der Waals surface area contributed by atoms with Crippen LogP contribution in [0.25, 0.3) is 6.08 Å². The zero-order valence-electron chi connectivity index (χ0n) is 11.8. The normalized spacial score (nSPS) is 10.4. The monoisotopic (exact) mass is 314 g/mol. The molecule has 22 heavy (non-hydrogen) atoms. The minimum atomic E-state index is -0.415. The third kappa shape index (κ3) is 5.42. The van der Waals surface area contributed by atoms with Crippen molar-refractivity contribution in [3.05, 3.63) is 76.8 Å². The van der Waals surface area contributed by atoms with Gasteiger partial charge in [-0.3, -0.25) is 20.4 Å². The Kier molecular flexibility index (Phi) is 5.74. The molecule has 2 amide bonds. The van der Waals surface area contributed by atoms with Crippen LogP contribution in [0.4, 0.5) is 0 Å². The second-order valence-corrected chi connectivity index (χ2v) is 5.02. The summed E-state index contributed by atoms with van der Waals surface area (Å²) < 4.78 is 0. The number of nitrogens with one attached hydrogen (secondary N) is 2. The lowest BCUT2D eigenvalue weighted by molar-refractivity contribution is -0.126. The zero-order chi connectivity index (χ0) is 15.8. The summed E-state index contributed by atoms with van der Waals surface area (Å²) in [6.07, 6.45) is 3.15.